The second-order valence-corrected chi connectivity index (χ2v) is 6.22. The van der Waals surface area contributed by atoms with E-state index in [1.165, 1.54) is 13.3 Å². The molecule has 1 aliphatic rings. The number of likely N-dealkylation sites (tertiary alicyclic amines) is 1. The van der Waals surface area contributed by atoms with Crippen LogP contribution in [0, 0.1) is 0 Å². The molecule has 0 aromatic carbocycles. The molecule has 1 unspecified atom stereocenters. The third kappa shape index (κ3) is 2.44. The molecule has 0 aliphatic carbocycles. The van der Waals surface area contributed by atoms with Crippen molar-refractivity contribution in [1.29, 1.82) is 0 Å². The predicted octanol–water partition coefficient (Wildman–Crippen LogP) is 1.35. The molecule has 1 atom stereocenters. The third-order valence-corrected chi connectivity index (χ3v) is 4.79. The number of carbonyl (C=O) groups is 2. The van der Waals surface area contributed by atoms with Crippen molar-refractivity contribution >= 4 is 28.9 Å². The summed E-state index contributed by atoms with van der Waals surface area (Å²) in [5.41, 5.74) is -0.0815. The van der Waals surface area contributed by atoms with E-state index >= 15 is 0 Å². The lowest BCUT2D eigenvalue weighted by molar-refractivity contribution is -0.133. The lowest BCUT2D eigenvalue weighted by atomic mass is 9.95. The summed E-state index contributed by atoms with van der Waals surface area (Å²) in [5.74, 6) is -0.492. The van der Waals surface area contributed by atoms with Gasteiger partial charge in [-0.15, -0.1) is 0 Å². The highest BCUT2D eigenvalue weighted by molar-refractivity contribution is 6.34. The number of nitrogens with zero attached hydrogens (tertiary/aromatic N) is 3. The number of pyridine rings is 1. The van der Waals surface area contributed by atoms with E-state index in [9.17, 15) is 9.59 Å². The maximum absolute atomic E-state index is 13.2. The fourth-order valence-corrected chi connectivity index (χ4v) is 3.66. The number of hydrogen-bond acceptors (Lipinski definition) is 4. The number of fused-ring (bicyclic) bond motifs is 1. The van der Waals surface area contributed by atoms with Gasteiger partial charge in [-0.2, -0.15) is 5.10 Å². The van der Waals surface area contributed by atoms with Gasteiger partial charge in [0.2, 0.25) is 5.91 Å². The predicted molar refractivity (Wildman–Crippen MR) is 89.1 cm³/mol. The molecule has 2 aromatic rings. The molecule has 1 fully saturated rings. The summed E-state index contributed by atoms with van der Waals surface area (Å²) in [6, 6.07) is 3.46. The summed E-state index contributed by atoms with van der Waals surface area (Å²) in [5, 5.41) is 7.27. The standard InChI is InChI=1S/C16H19ClN4O3/c1-18-15(23)16(10-24-2)6-4-7-20(16)14(22)11-9-19-21-8-3-5-12(17)13(11)21/h3,5,8-9H,4,6-7,10H2,1-2H3,(H,18,23). The number of carbonyl (C=O) groups excluding carboxylic acids is 2. The summed E-state index contributed by atoms with van der Waals surface area (Å²) < 4.78 is 6.82. The number of nitrogens with one attached hydrogen (secondary N) is 1. The van der Waals surface area contributed by atoms with Crippen molar-refractivity contribution in [3.63, 3.8) is 0 Å². The van der Waals surface area contributed by atoms with Gasteiger partial charge in [0.25, 0.3) is 5.91 Å². The van der Waals surface area contributed by atoms with Crippen molar-refractivity contribution in [1.82, 2.24) is 19.8 Å². The minimum Gasteiger partial charge on any atom is -0.382 e. The number of methoxy groups -OCH3 is 1. The molecule has 128 valence electrons. The Labute approximate surface area is 144 Å². The average Bonchev–Trinajstić information content (AvgIpc) is 3.19. The van der Waals surface area contributed by atoms with Crippen LogP contribution in [0.2, 0.25) is 5.02 Å². The van der Waals surface area contributed by atoms with Crippen LogP contribution in [0.4, 0.5) is 0 Å². The second kappa shape index (κ2) is 6.41. The molecule has 2 amide bonds. The molecular formula is C16H19ClN4O3. The van der Waals surface area contributed by atoms with Gasteiger partial charge < -0.3 is 15.0 Å². The van der Waals surface area contributed by atoms with E-state index in [0.29, 0.717) is 29.1 Å². The molecule has 24 heavy (non-hydrogen) atoms. The first-order chi connectivity index (χ1) is 11.5. The minimum atomic E-state index is -1.00. The number of hydrogen-bond donors (Lipinski definition) is 1. The van der Waals surface area contributed by atoms with Gasteiger partial charge in [0, 0.05) is 26.9 Å². The topological polar surface area (TPSA) is 75.9 Å². The van der Waals surface area contributed by atoms with E-state index in [-0.39, 0.29) is 18.4 Å². The van der Waals surface area contributed by atoms with Crippen LogP contribution < -0.4 is 5.32 Å². The van der Waals surface area contributed by atoms with Gasteiger partial charge in [-0.05, 0) is 25.0 Å². The summed E-state index contributed by atoms with van der Waals surface area (Å²) in [4.78, 5) is 27.3. The quantitative estimate of drug-likeness (QED) is 0.903. The van der Waals surface area contributed by atoms with E-state index in [4.69, 9.17) is 16.3 Å². The molecule has 0 saturated carbocycles. The zero-order chi connectivity index (χ0) is 17.3. The number of rotatable bonds is 4. The highest BCUT2D eigenvalue weighted by atomic mass is 35.5. The maximum Gasteiger partial charge on any atom is 0.258 e. The number of likely N-dealkylation sites (N-methyl/N-ethyl adjacent to an activating group) is 1. The summed E-state index contributed by atoms with van der Waals surface area (Å²) in [6.07, 6.45) is 4.50. The Kier molecular flexibility index (Phi) is 4.47. The Balaban J connectivity index is 2.05. The highest BCUT2D eigenvalue weighted by Gasteiger charge is 2.50. The third-order valence-electron chi connectivity index (χ3n) is 4.49. The molecule has 0 radical (unpaired) electrons. The largest absolute Gasteiger partial charge is 0.382 e. The van der Waals surface area contributed by atoms with E-state index in [1.807, 2.05) is 0 Å². The molecule has 2 aromatic heterocycles. The summed E-state index contributed by atoms with van der Waals surface area (Å²) >= 11 is 6.24. The lowest BCUT2D eigenvalue weighted by Gasteiger charge is -2.36. The lowest BCUT2D eigenvalue weighted by Crippen LogP contribution is -2.59. The first kappa shape index (κ1) is 16.7. The Morgan fingerprint density at radius 3 is 3.00 bits per heavy atom. The maximum atomic E-state index is 13.2. The van der Waals surface area contributed by atoms with E-state index in [0.717, 1.165) is 6.42 Å². The van der Waals surface area contributed by atoms with Crippen molar-refractivity contribution in [2.75, 3.05) is 27.3 Å². The van der Waals surface area contributed by atoms with Crippen LogP contribution in [0.1, 0.15) is 23.2 Å². The SMILES string of the molecule is CNC(=O)C1(COC)CCCN1C(=O)c1cnn2cccc(Cl)c12. The van der Waals surface area contributed by atoms with Crippen LogP contribution in [-0.2, 0) is 9.53 Å². The number of halogens is 1. The average molecular weight is 351 g/mol. The van der Waals surface area contributed by atoms with Crippen molar-refractivity contribution in [3.05, 3.63) is 35.1 Å². The van der Waals surface area contributed by atoms with Crippen molar-refractivity contribution < 1.29 is 14.3 Å². The van der Waals surface area contributed by atoms with E-state index < -0.39 is 5.54 Å². The van der Waals surface area contributed by atoms with Crippen molar-refractivity contribution in [2.24, 2.45) is 0 Å². The molecule has 0 spiro atoms. The Hall–Kier alpha value is -2.12. The van der Waals surface area contributed by atoms with E-state index in [2.05, 4.69) is 10.4 Å². The van der Waals surface area contributed by atoms with Gasteiger partial charge in [-0.25, -0.2) is 4.52 Å². The molecule has 3 heterocycles. The normalized spacial score (nSPS) is 20.5. The summed E-state index contributed by atoms with van der Waals surface area (Å²) in [6.45, 7) is 0.628. The van der Waals surface area contributed by atoms with Gasteiger partial charge >= 0.3 is 0 Å². The first-order valence-corrected chi connectivity index (χ1v) is 8.08. The number of amides is 2. The van der Waals surface area contributed by atoms with Crippen molar-refractivity contribution in [2.45, 2.75) is 18.4 Å². The number of ether oxygens (including phenoxy) is 1. The van der Waals surface area contributed by atoms with Crippen LogP contribution in [0.25, 0.3) is 5.52 Å². The van der Waals surface area contributed by atoms with E-state index in [1.54, 1.807) is 34.8 Å². The Bertz CT molecular complexity index is 791. The van der Waals surface area contributed by atoms with Crippen LogP contribution in [0.5, 0.6) is 0 Å². The fraction of sp³-hybridized carbons (Fsp3) is 0.438. The fourth-order valence-electron chi connectivity index (χ4n) is 3.40. The Morgan fingerprint density at radius 2 is 2.29 bits per heavy atom. The Morgan fingerprint density at radius 1 is 1.50 bits per heavy atom. The van der Waals surface area contributed by atoms with Gasteiger partial charge in [0.1, 0.15) is 5.54 Å². The monoisotopic (exact) mass is 350 g/mol. The van der Waals surface area contributed by atoms with Crippen LogP contribution >= 0.6 is 11.6 Å². The van der Waals surface area contributed by atoms with Gasteiger partial charge in [-0.1, -0.05) is 11.6 Å². The second-order valence-electron chi connectivity index (χ2n) is 5.81. The molecule has 1 saturated heterocycles. The minimum absolute atomic E-state index is 0.144. The molecule has 1 aliphatic heterocycles. The first-order valence-electron chi connectivity index (χ1n) is 7.70. The summed E-state index contributed by atoms with van der Waals surface area (Å²) in [7, 11) is 3.09. The molecule has 7 nitrogen and oxygen atoms in total. The van der Waals surface area contributed by atoms with Gasteiger partial charge in [-0.3, -0.25) is 9.59 Å². The van der Waals surface area contributed by atoms with Crippen LogP contribution in [0.3, 0.4) is 0 Å². The zero-order valence-electron chi connectivity index (χ0n) is 13.6. The van der Waals surface area contributed by atoms with Crippen LogP contribution in [-0.4, -0.2) is 59.2 Å². The zero-order valence-corrected chi connectivity index (χ0v) is 14.3. The van der Waals surface area contributed by atoms with Crippen LogP contribution in [0.15, 0.2) is 24.5 Å². The molecule has 1 N–H and O–H groups in total. The molecule has 8 heteroatoms. The molecule has 0 bridgehead atoms. The molecular weight excluding hydrogens is 332 g/mol. The highest BCUT2D eigenvalue weighted by Crippen LogP contribution is 2.33. The van der Waals surface area contributed by atoms with Crippen molar-refractivity contribution in [3.8, 4) is 0 Å². The number of aromatic nitrogens is 2. The molecule has 3 rings (SSSR count). The van der Waals surface area contributed by atoms with Gasteiger partial charge in [0.15, 0.2) is 0 Å². The smallest absolute Gasteiger partial charge is 0.258 e. The van der Waals surface area contributed by atoms with Gasteiger partial charge in [0.05, 0.1) is 28.9 Å².